The van der Waals surface area contributed by atoms with Crippen LogP contribution in [0.2, 0.25) is 0 Å². The van der Waals surface area contributed by atoms with Crippen LogP contribution in [-0.4, -0.2) is 6.71 Å². The predicted octanol–water partition coefficient (Wildman–Crippen LogP) is 8.03. The molecule has 0 unspecified atom stereocenters. The third-order valence-corrected chi connectivity index (χ3v) is 11.3. The highest BCUT2D eigenvalue weighted by molar-refractivity contribution is 7.33. The molecule has 2 nitrogen and oxygen atoms in total. The Bertz CT molecular complexity index is 2000. The van der Waals surface area contributed by atoms with Gasteiger partial charge in [-0.15, -0.1) is 11.3 Å². The average molecular weight is 553 g/mol. The smallest absolute Gasteiger partial charge is 0.273 e. The minimum absolute atomic E-state index is 0.0431. The van der Waals surface area contributed by atoms with Crippen molar-refractivity contribution < 1.29 is 9.47 Å². The second-order valence-corrected chi connectivity index (χ2v) is 15.2. The van der Waals surface area contributed by atoms with E-state index >= 15 is 0 Å². The van der Waals surface area contributed by atoms with Gasteiger partial charge < -0.3 is 9.47 Å². The van der Waals surface area contributed by atoms with Gasteiger partial charge in [-0.25, -0.2) is 0 Å². The van der Waals surface area contributed by atoms with E-state index in [2.05, 4.69) is 96.1 Å². The lowest BCUT2D eigenvalue weighted by Gasteiger charge is -2.33. The van der Waals surface area contributed by atoms with E-state index in [0.717, 1.165) is 28.6 Å². The molecule has 0 fully saturated rings. The van der Waals surface area contributed by atoms with E-state index in [1.165, 1.54) is 72.9 Å². The Morgan fingerprint density at radius 1 is 0.878 bits per heavy atom. The van der Waals surface area contributed by atoms with E-state index in [0.29, 0.717) is 0 Å². The summed E-state index contributed by atoms with van der Waals surface area (Å²) in [6.07, 6.45) is 3.65. The Morgan fingerprint density at radius 2 is 1.66 bits per heavy atom. The van der Waals surface area contributed by atoms with E-state index in [4.69, 9.17) is 9.47 Å². The number of hydrogen-bond acceptors (Lipinski definition) is 3. The molecule has 4 aromatic carbocycles. The average Bonchev–Trinajstić information content (AvgIpc) is 3.60. The van der Waals surface area contributed by atoms with Gasteiger partial charge in [0.2, 0.25) is 0 Å². The highest BCUT2D eigenvalue weighted by Gasteiger charge is 2.47. The molecule has 41 heavy (non-hydrogen) atoms. The van der Waals surface area contributed by atoms with Gasteiger partial charge in [0.25, 0.3) is 6.71 Å². The molecule has 0 N–H and O–H groups in total. The minimum atomic E-state index is -0.0431. The van der Waals surface area contributed by atoms with Gasteiger partial charge in [-0.1, -0.05) is 65.0 Å². The number of thiophene rings is 1. The fourth-order valence-electron chi connectivity index (χ4n) is 8.14. The number of fused-ring (bicyclic) bond motifs is 12. The van der Waals surface area contributed by atoms with Gasteiger partial charge in [-0.05, 0) is 100 Å². The monoisotopic (exact) mass is 552 g/mol. The van der Waals surface area contributed by atoms with Crippen molar-refractivity contribution in [1.29, 1.82) is 0 Å². The summed E-state index contributed by atoms with van der Waals surface area (Å²) in [5.74, 6) is 3.94. The zero-order valence-corrected chi connectivity index (χ0v) is 25.4. The standard InChI is InChI=1S/C37H33BO2S/c1-19-16-27-32-28(17-19)40-34-26(38(32)35-33(39-27)24-18-21(36(2,3)4)11-15-29(24)41-35)14-13-25-30(34)23-12-10-20-8-7-9-22(20)31(23)37(25,5)6/h10-18H,7-9H2,1-6H3. The van der Waals surface area contributed by atoms with E-state index in [1.54, 1.807) is 11.1 Å². The molecule has 9 rings (SSSR count). The summed E-state index contributed by atoms with van der Waals surface area (Å²) in [6, 6.07) is 20.9. The Balaban J connectivity index is 1.33. The maximum absolute atomic E-state index is 7.00. The largest absolute Gasteiger partial charge is 0.458 e. The second kappa shape index (κ2) is 7.66. The van der Waals surface area contributed by atoms with Crippen molar-refractivity contribution in [3.8, 4) is 34.1 Å². The number of benzene rings is 4. The van der Waals surface area contributed by atoms with Gasteiger partial charge in [0.15, 0.2) is 0 Å². The quantitative estimate of drug-likeness (QED) is 0.177. The van der Waals surface area contributed by atoms with Crippen molar-refractivity contribution in [1.82, 2.24) is 0 Å². The van der Waals surface area contributed by atoms with Gasteiger partial charge in [0, 0.05) is 31.3 Å². The van der Waals surface area contributed by atoms with E-state index in [1.807, 2.05) is 11.3 Å². The van der Waals surface area contributed by atoms with Crippen LogP contribution < -0.4 is 25.2 Å². The van der Waals surface area contributed by atoms with Crippen molar-refractivity contribution in [3.63, 3.8) is 0 Å². The molecule has 0 atom stereocenters. The van der Waals surface area contributed by atoms with Crippen LogP contribution >= 0.6 is 11.3 Å². The molecule has 202 valence electrons. The van der Waals surface area contributed by atoms with Crippen LogP contribution in [0.15, 0.2) is 54.6 Å². The molecule has 4 heteroatoms. The zero-order valence-electron chi connectivity index (χ0n) is 24.6. The van der Waals surface area contributed by atoms with Gasteiger partial charge in [0.1, 0.15) is 23.0 Å². The first-order valence-electron chi connectivity index (χ1n) is 15.0. The SMILES string of the molecule is Cc1cc2c3c(c1)Oc1c(sc4ccc(C(C)(C)C)cc14)B3c1ccc3c(c1O2)-c1ccc2c(c1C3(C)C)CCC2. The molecule has 0 radical (unpaired) electrons. The van der Waals surface area contributed by atoms with Crippen LogP contribution in [-0.2, 0) is 23.7 Å². The molecule has 2 aliphatic heterocycles. The highest BCUT2D eigenvalue weighted by atomic mass is 32.1. The Labute approximate surface area is 246 Å². The lowest BCUT2D eigenvalue weighted by Crippen LogP contribution is -2.56. The van der Waals surface area contributed by atoms with Crippen molar-refractivity contribution >= 4 is 43.8 Å². The summed E-state index contributed by atoms with van der Waals surface area (Å²) >= 11 is 1.88. The van der Waals surface area contributed by atoms with Gasteiger partial charge in [-0.2, -0.15) is 0 Å². The van der Waals surface area contributed by atoms with Gasteiger partial charge in [-0.3, -0.25) is 0 Å². The molecular weight excluding hydrogens is 519 g/mol. The van der Waals surface area contributed by atoms with Crippen LogP contribution in [0.3, 0.4) is 0 Å². The Morgan fingerprint density at radius 3 is 2.44 bits per heavy atom. The van der Waals surface area contributed by atoms with Crippen LogP contribution in [0.25, 0.3) is 21.2 Å². The van der Waals surface area contributed by atoms with Gasteiger partial charge in [0.05, 0.1) is 0 Å². The molecule has 2 aliphatic carbocycles. The van der Waals surface area contributed by atoms with Crippen molar-refractivity contribution in [2.75, 3.05) is 0 Å². The molecular formula is C37H33BO2S. The predicted molar refractivity (Wildman–Crippen MR) is 173 cm³/mol. The molecule has 0 spiro atoms. The normalized spacial score (nSPS) is 16.8. The molecule has 0 saturated heterocycles. The number of ether oxygens (including phenoxy) is 2. The van der Waals surface area contributed by atoms with Crippen molar-refractivity contribution in [3.05, 3.63) is 88.0 Å². The lowest BCUT2D eigenvalue weighted by atomic mass is 9.37. The van der Waals surface area contributed by atoms with Crippen LogP contribution in [0.5, 0.6) is 23.0 Å². The first-order valence-corrected chi connectivity index (χ1v) is 15.8. The van der Waals surface area contributed by atoms with Crippen molar-refractivity contribution in [2.45, 2.75) is 71.6 Å². The fourth-order valence-corrected chi connectivity index (χ4v) is 9.38. The maximum atomic E-state index is 7.00. The molecule has 0 bridgehead atoms. The van der Waals surface area contributed by atoms with Crippen LogP contribution in [0.4, 0.5) is 0 Å². The zero-order chi connectivity index (χ0) is 28.0. The summed E-state index contributed by atoms with van der Waals surface area (Å²) in [5.41, 5.74) is 13.7. The summed E-state index contributed by atoms with van der Waals surface area (Å²) in [5, 5.41) is 1.22. The van der Waals surface area contributed by atoms with E-state index in [-0.39, 0.29) is 17.5 Å². The third kappa shape index (κ3) is 3.04. The van der Waals surface area contributed by atoms with E-state index in [9.17, 15) is 0 Å². The first kappa shape index (κ1) is 24.1. The van der Waals surface area contributed by atoms with E-state index < -0.39 is 0 Å². The first-order chi connectivity index (χ1) is 19.6. The number of rotatable bonds is 0. The minimum Gasteiger partial charge on any atom is -0.458 e. The molecule has 4 aliphatic rings. The van der Waals surface area contributed by atoms with Gasteiger partial charge >= 0.3 is 0 Å². The molecule has 3 heterocycles. The molecule has 5 aromatic rings. The highest BCUT2D eigenvalue weighted by Crippen LogP contribution is 2.56. The Kier molecular flexibility index (Phi) is 4.51. The lowest BCUT2D eigenvalue weighted by molar-refractivity contribution is 0.467. The topological polar surface area (TPSA) is 18.5 Å². The number of hydrogen-bond donors (Lipinski definition) is 0. The molecule has 0 amide bonds. The summed E-state index contributed by atoms with van der Waals surface area (Å²) in [4.78, 5) is 0. The number of aryl methyl sites for hydroxylation is 2. The Hall–Kier alpha value is -3.50. The second-order valence-electron chi connectivity index (χ2n) is 14.1. The fraction of sp³-hybridized carbons (Fsp3) is 0.297. The summed E-state index contributed by atoms with van der Waals surface area (Å²) < 4.78 is 16.4. The summed E-state index contributed by atoms with van der Waals surface area (Å²) in [6.45, 7) is 13.9. The molecule has 1 aromatic heterocycles. The van der Waals surface area contributed by atoms with Crippen LogP contribution in [0.1, 0.15) is 74.4 Å². The summed E-state index contributed by atoms with van der Waals surface area (Å²) in [7, 11) is 0. The maximum Gasteiger partial charge on any atom is 0.273 e. The van der Waals surface area contributed by atoms with Crippen molar-refractivity contribution in [2.24, 2.45) is 0 Å². The van der Waals surface area contributed by atoms with Crippen LogP contribution in [0, 0.1) is 6.92 Å². The third-order valence-electron chi connectivity index (χ3n) is 10.1. The molecule has 0 saturated carbocycles.